The van der Waals surface area contributed by atoms with Crippen molar-refractivity contribution >= 4 is 29.0 Å². The molecule has 0 spiro atoms. The first-order chi connectivity index (χ1) is 9.56. The zero-order valence-electron chi connectivity index (χ0n) is 10.1. The summed E-state index contributed by atoms with van der Waals surface area (Å²) in [6.07, 6.45) is 2.54. The summed E-state index contributed by atoms with van der Waals surface area (Å²) in [7, 11) is 0. The van der Waals surface area contributed by atoms with Crippen molar-refractivity contribution < 1.29 is 9.72 Å². The maximum Gasteiger partial charge on any atom is 0.273 e. The predicted molar refractivity (Wildman–Crippen MR) is 72.5 cm³/mol. The van der Waals surface area contributed by atoms with E-state index in [2.05, 4.69) is 15.3 Å². The van der Waals surface area contributed by atoms with Gasteiger partial charge >= 0.3 is 0 Å². The van der Waals surface area contributed by atoms with E-state index in [1.54, 1.807) is 12.1 Å². The number of benzene rings is 1. The molecule has 2 rings (SSSR count). The number of para-hydroxylation sites is 1. The number of nitrogens with one attached hydrogen (secondary N) is 1. The lowest BCUT2D eigenvalue weighted by atomic mass is 10.1. The number of nitrogens with zero attached hydrogens (tertiary/aromatic N) is 3. The number of carbonyl (C=O) groups is 1. The fourth-order valence-corrected chi connectivity index (χ4v) is 1.75. The van der Waals surface area contributed by atoms with Crippen molar-refractivity contribution in [2.24, 2.45) is 0 Å². The van der Waals surface area contributed by atoms with E-state index in [0.717, 1.165) is 0 Å². The zero-order valence-corrected chi connectivity index (χ0v) is 10.9. The topological polar surface area (TPSA) is 98.0 Å². The molecule has 1 amide bonds. The summed E-state index contributed by atoms with van der Waals surface area (Å²) >= 11 is 5.64. The maximum absolute atomic E-state index is 11.8. The Hall–Kier alpha value is -2.54. The Morgan fingerprint density at radius 2 is 2.10 bits per heavy atom. The lowest BCUT2D eigenvalue weighted by Gasteiger charge is -2.04. The number of nitro benzene ring substituents is 1. The zero-order chi connectivity index (χ0) is 14.5. The lowest BCUT2D eigenvalue weighted by Crippen LogP contribution is -2.16. The predicted octanol–water partition coefficient (Wildman–Crippen LogP) is 2.22. The van der Waals surface area contributed by atoms with Crippen molar-refractivity contribution in [3.63, 3.8) is 0 Å². The molecule has 0 atom stereocenters. The van der Waals surface area contributed by atoms with E-state index in [4.69, 9.17) is 11.6 Å². The van der Waals surface area contributed by atoms with Crippen LogP contribution < -0.4 is 5.32 Å². The Bertz CT molecular complexity index is 663. The minimum Gasteiger partial charge on any atom is -0.309 e. The fourth-order valence-electron chi connectivity index (χ4n) is 1.60. The molecule has 102 valence electrons. The molecule has 0 saturated heterocycles. The second-order valence-electron chi connectivity index (χ2n) is 3.84. The highest BCUT2D eigenvalue weighted by Crippen LogP contribution is 2.18. The third-order valence-corrected chi connectivity index (χ3v) is 2.59. The van der Waals surface area contributed by atoms with Gasteiger partial charge in [-0.2, -0.15) is 0 Å². The molecular formula is C12H9ClN4O3. The SMILES string of the molecule is O=C(Cc1ccccc1[N+](=O)[O-])Nc1cncc(Cl)n1. The molecule has 2 aromatic rings. The molecule has 0 aliphatic rings. The Balaban J connectivity index is 2.11. The Morgan fingerprint density at radius 1 is 1.35 bits per heavy atom. The summed E-state index contributed by atoms with van der Waals surface area (Å²) in [6.45, 7) is 0. The molecule has 0 saturated carbocycles. The monoisotopic (exact) mass is 292 g/mol. The van der Waals surface area contributed by atoms with Crippen LogP contribution in [0.4, 0.5) is 11.5 Å². The van der Waals surface area contributed by atoms with Gasteiger partial charge in [-0.3, -0.25) is 19.9 Å². The van der Waals surface area contributed by atoms with Gasteiger partial charge in [-0.25, -0.2) is 4.98 Å². The summed E-state index contributed by atoms with van der Waals surface area (Å²) < 4.78 is 0. The van der Waals surface area contributed by atoms with Crippen LogP contribution in [0.2, 0.25) is 5.15 Å². The number of halogens is 1. The van der Waals surface area contributed by atoms with Gasteiger partial charge < -0.3 is 5.32 Å². The number of rotatable bonds is 4. The molecule has 0 bridgehead atoms. The quantitative estimate of drug-likeness (QED) is 0.688. The van der Waals surface area contributed by atoms with Gasteiger partial charge in [0.2, 0.25) is 5.91 Å². The van der Waals surface area contributed by atoms with E-state index in [-0.39, 0.29) is 23.1 Å². The van der Waals surface area contributed by atoms with Crippen molar-refractivity contribution in [3.05, 3.63) is 57.5 Å². The normalized spacial score (nSPS) is 10.1. The summed E-state index contributed by atoms with van der Waals surface area (Å²) in [5, 5.41) is 13.5. The van der Waals surface area contributed by atoms with E-state index in [1.165, 1.54) is 24.5 Å². The second-order valence-corrected chi connectivity index (χ2v) is 4.23. The summed E-state index contributed by atoms with van der Waals surface area (Å²) in [5.74, 6) is -0.239. The number of hydrogen-bond donors (Lipinski definition) is 1. The number of nitro groups is 1. The van der Waals surface area contributed by atoms with Gasteiger partial charge in [-0.1, -0.05) is 29.8 Å². The first-order valence-electron chi connectivity index (χ1n) is 5.56. The van der Waals surface area contributed by atoms with Crippen LogP contribution in [-0.2, 0) is 11.2 Å². The molecule has 1 aromatic carbocycles. The molecule has 8 heteroatoms. The Labute approximate surface area is 118 Å². The molecule has 0 fully saturated rings. The van der Waals surface area contributed by atoms with Gasteiger partial charge in [-0.05, 0) is 0 Å². The number of anilines is 1. The van der Waals surface area contributed by atoms with Crippen molar-refractivity contribution in [3.8, 4) is 0 Å². The molecule has 1 N–H and O–H groups in total. The highest BCUT2D eigenvalue weighted by atomic mass is 35.5. The number of hydrogen-bond acceptors (Lipinski definition) is 5. The van der Waals surface area contributed by atoms with Crippen LogP contribution in [0.3, 0.4) is 0 Å². The van der Waals surface area contributed by atoms with Crippen LogP contribution in [0.25, 0.3) is 0 Å². The van der Waals surface area contributed by atoms with E-state index >= 15 is 0 Å². The van der Waals surface area contributed by atoms with Gasteiger partial charge in [0.05, 0.1) is 23.7 Å². The molecule has 0 unspecified atom stereocenters. The summed E-state index contributed by atoms with van der Waals surface area (Å²) in [6, 6.07) is 6.06. The van der Waals surface area contributed by atoms with Crippen molar-refractivity contribution in [2.75, 3.05) is 5.32 Å². The first kappa shape index (κ1) is 13.9. The lowest BCUT2D eigenvalue weighted by molar-refractivity contribution is -0.385. The molecule has 7 nitrogen and oxygen atoms in total. The molecule has 1 aromatic heterocycles. The van der Waals surface area contributed by atoms with Crippen LogP contribution in [0.15, 0.2) is 36.7 Å². The largest absolute Gasteiger partial charge is 0.309 e. The van der Waals surface area contributed by atoms with Gasteiger partial charge in [0.15, 0.2) is 5.82 Å². The number of aromatic nitrogens is 2. The standard InChI is InChI=1S/C12H9ClN4O3/c13-10-6-14-7-11(15-10)16-12(18)5-8-3-1-2-4-9(8)17(19)20/h1-4,6-7H,5H2,(H,15,16,18). The minimum atomic E-state index is -0.526. The van der Waals surface area contributed by atoms with E-state index in [1.807, 2.05) is 0 Å². The maximum atomic E-state index is 11.8. The number of amides is 1. The fraction of sp³-hybridized carbons (Fsp3) is 0.0833. The first-order valence-corrected chi connectivity index (χ1v) is 5.94. The highest BCUT2D eigenvalue weighted by molar-refractivity contribution is 6.29. The third-order valence-electron chi connectivity index (χ3n) is 2.41. The van der Waals surface area contributed by atoms with Crippen LogP contribution in [-0.4, -0.2) is 20.8 Å². The second kappa shape index (κ2) is 6.07. The smallest absolute Gasteiger partial charge is 0.273 e. The average Bonchev–Trinajstić information content (AvgIpc) is 2.38. The minimum absolute atomic E-state index is 0.0974. The third kappa shape index (κ3) is 3.48. The average molecular weight is 293 g/mol. The van der Waals surface area contributed by atoms with Crippen LogP contribution in [0.1, 0.15) is 5.56 Å². The van der Waals surface area contributed by atoms with Gasteiger partial charge in [0, 0.05) is 11.6 Å². The van der Waals surface area contributed by atoms with E-state index in [9.17, 15) is 14.9 Å². The van der Waals surface area contributed by atoms with Gasteiger partial charge in [0.25, 0.3) is 5.69 Å². The molecular weight excluding hydrogens is 284 g/mol. The molecule has 1 heterocycles. The Kier molecular flexibility index (Phi) is 4.21. The molecule has 0 aliphatic carbocycles. The van der Waals surface area contributed by atoms with Gasteiger partial charge in [-0.15, -0.1) is 0 Å². The van der Waals surface area contributed by atoms with Crippen molar-refractivity contribution in [1.29, 1.82) is 0 Å². The van der Waals surface area contributed by atoms with Crippen LogP contribution in [0, 0.1) is 10.1 Å². The molecule has 20 heavy (non-hydrogen) atoms. The van der Waals surface area contributed by atoms with Crippen LogP contribution >= 0.6 is 11.6 Å². The van der Waals surface area contributed by atoms with E-state index in [0.29, 0.717) is 5.56 Å². The molecule has 0 radical (unpaired) electrons. The summed E-state index contributed by atoms with van der Waals surface area (Å²) in [5.41, 5.74) is 0.227. The number of carbonyl (C=O) groups excluding carboxylic acids is 1. The highest BCUT2D eigenvalue weighted by Gasteiger charge is 2.15. The van der Waals surface area contributed by atoms with Crippen LogP contribution in [0.5, 0.6) is 0 Å². The van der Waals surface area contributed by atoms with Crippen molar-refractivity contribution in [2.45, 2.75) is 6.42 Å². The van der Waals surface area contributed by atoms with Gasteiger partial charge in [0.1, 0.15) is 5.15 Å². The van der Waals surface area contributed by atoms with E-state index < -0.39 is 10.8 Å². The Morgan fingerprint density at radius 3 is 2.80 bits per heavy atom. The summed E-state index contributed by atoms with van der Waals surface area (Å²) in [4.78, 5) is 29.8. The van der Waals surface area contributed by atoms with Crippen molar-refractivity contribution in [1.82, 2.24) is 9.97 Å². The molecule has 0 aliphatic heterocycles.